The third-order valence-electron chi connectivity index (χ3n) is 19.2. The van der Waals surface area contributed by atoms with Gasteiger partial charge in [-0.3, -0.25) is 0 Å². The molecule has 0 aliphatic carbocycles. The van der Waals surface area contributed by atoms with Crippen LogP contribution in [-0.4, -0.2) is 24.1 Å². The van der Waals surface area contributed by atoms with Crippen LogP contribution in [0, 0.1) is 89.7 Å². The van der Waals surface area contributed by atoms with Crippen molar-refractivity contribution in [2.24, 2.45) is 0 Å². The van der Waals surface area contributed by atoms with Crippen molar-refractivity contribution in [3.63, 3.8) is 0 Å². The molecular formula is C88H72N6. The Kier molecular flexibility index (Phi) is 14.5. The summed E-state index contributed by atoms with van der Waals surface area (Å²) >= 11 is 0. The second-order valence-corrected chi connectivity index (χ2v) is 26.3. The van der Waals surface area contributed by atoms with Gasteiger partial charge in [0.25, 0.3) is 0 Å². The lowest BCUT2D eigenvalue weighted by molar-refractivity contribution is 1.07. The van der Waals surface area contributed by atoms with Crippen LogP contribution in [0.1, 0.15) is 66.8 Å². The molecule has 3 aromatic heterocycles. The van der Waals surface area contributed by atoms with Gasteiger partial charge in [0.05, 0.1) is 34.3 Å². The molecule has 0 spiro atoms. The van der Waals surface area contributed by atoms with Crippen molar-refractivity contribution in [2.45, 2.75) is 83.1 Å². The summed E-state index contributed by atoms with van der Waals surface area (Å²) in [5.74, 6) is 1.67. The molecule has 0 saturated carbocycles. The second-order valence-electron chi connectivity index (χ2n) is 26.3. The first-order chi connectivity index (χ1) is 45.5. The van der Waals surface area contributed by atoms with Gasteiger partial charge in [0.15, 0.2) is 23.2 Å². The molecule has 94 heavy (non-hydrogen) atoms. The van der Waals surface area contributed by atoms with Gasteiger partial charge in [-0.05, 0) is 262 Å². The number of hydrogen-bond donors (Lipinski definition) is 0. The highest BCUT2D eigenvalue weighted by Crippen LogP contribution is 2.47. The lowest BCUT2D eigenvalue weighted by atomic mass is 9.91. The fraction of sp³-hybridized carbons (Fsp3) is 0.136. The SMILES string of the molecule is [C-]#[N+]c1ccc(-n2c3ccc(-c4c(C)cc(C)cc4C)cc3c3cc(-c4c(C)cc(C)cc4C)ccc32)cc1-c1cc(-c2nc(-c3ccccc3)nc(-c3ccccc3)n2)ccc1-n1c2ccc(-c3c(C)cc(C)cc3C)cc2c2cc(-c3c(C)cc(C)cc3C)ccc21. The number of fused-ring (bicyclic) bond motifs is 6. The van der Waals surface area contributed by atoms with Crippen molar-refractivity contribution >= 4 is 49.3 Å². The van der Waals surface area contributed by atoms with E-state index < -0.39 is 0 Å². The third-order valence-corrected chi connectivity index (χ3v) is 19.2. The predicted octanol–water partition coefficient (Wildman–Crippen LogP) is 23.7. The molecule has 454 valence electrons. The fourth-order valence-corrected chi connectivity index (χ4v) is 15.7. The number of aromatic nitrogens is 5. The average molecular weight is 1210 g/mol. The summed E-state index contributed by atoms with van der Waals surface area (Å²) in [5, 5.41) is 4.59. The minimum atomic E-state index is 0.523. The van der Waals surface area contributed by atoms with Crippen LogP contribution >= 0.6 is 0 Å². The van der Waals surface area contributed by atoms with E-state index >= 15 is 0 Å². The van der Waals surface area contributed by atoms with Gasteiger partial charge < -0.3 is 9.13 Å². The Bertz CT molecular complexity index is 5310. The Morgan fingerprint density at radius 1 is 0.277 bits per heavy atom. The van der Waals surface area contributed by atoms with Gasteiger partial charge in [-0.25, -0.2) is 19.8 Å². The Balaban J connectivity index is 1.02. The normalized spacial score (nSPS) is 11.6. The molecule has 0 saturated heterocycles. The fourth-order valence-electron chi connectivity index (χ4n) is 15.7. The van der Waals surface area contributed by atoms with E-state index in [1.807, 2.05) is 66.7 Å². The highest BCUT2D eigenvalue weighted by molar-refractivity contribution is 6.14. The highest BCUT2D eigenvalue weighted by Gasteiger charge is 2.25. The van der Waals surface area contributed by atoms with E-state index in [0.717, 1.165) is 82.8 Å². The Morgan fingerprint density at radius 3 is 0.936 bits per heavy atom. The van der Waals surface area contributed by atoms with Gasteiger partial charge in [-0.2, -0.15) is 0 Å². The Labute approximate surface area is 551 Å². The van der Waals surface area contributed by atoms with Crippen LogP contribution in [0.2, 0.25) is 0 Å². The molecule has 6 nitrogen and oxygen atoms in total. The van der Waals surface area contributed by atoms with Crippen LogP contribution in [0.5, 0.6) is 0 Å². The first kappa shape index (κ1) is 59.1. The van der Waals surface area contributed by atoms with E-state index in [1.54, 1.807) is 0 Å². The van der Waals surface area contributed by atoms with Crippen LogP contribution in [0.4, 0.5) is 5.69 Å². The van der Waals surface area contributed by atoms with Gasteiger partial charge in [-0.1, -0.05) is 162 Å². The van der Waals surface area contributed by atoms with Gasteiger partial charge in [0, 0.05) is 43.9 Å². The second kappa shape index (κ2) is 23.1. The highest BCUT2D eigenvalue weighted by atomic mass is 15.0. The molecule has 0 radical (unpaired) electrons. The molecule has 0 aliphatic rings. The smallest absolute Gasteiger partial charge is 0.195 e. The minimum Gasteiger partial charge on any atom is -0.309 e. The van der Waals surface area contributed by atoms with E-state index in [0.29, 0.717) is 23.2 Å². The van der Waals surface area contributed by atoms with Crippen LogP contribution in [0.25, 0.3) is 150 Å². The summed E-state index contributed by atoms with van der Waals surface area (Å²) in [7, 11) is 0. The van der Waals surface area contributed by atoms with E-state index in [2.05, 4.69) is 249 Å². The maximum absolute atomic E-state index is 9.10. The van der Waals surface area contributed by atoms with Crippen molar-refractivity contribution in [2.75, 3.05) is 0 Å². The molecule has 0 atom stereocenters. The topological polar surface area (TPSA) is 52.9 Å². The molecule has 0 N–H and O–H groups in total. The van der Waals surface area contributed by atoms with Crippen molar-refractivity contribution in [1.82, 2.24) is 24.1 Å². The van der Waals surface area contributed by atoms with E-state index in [-0.39, 0.29) is 0 Å². The first-order valence-corrected chi connectivity index (χ1v) is 32.5. The molecule has 0 amide bonds. The largest absolute Gasteiger partial charge is 0.309 e. The lowest BCUT2D eigenvalue weighted by Crippen LogP contribution is -2.02. The van der Waals surface area contributed by atoms with Crippen molar-refractivity contribution in [3.05, 3.63) is 297 Å². The number of rotatable bonds is 10. The van der Waals surface area contributed by atoms with Crippen LogP contribution in [-0.2, 0) is 0 Å². The van der Waals surface area contributed by atoms with Crippen LogP contribution in [0.3, 0.4) is 0 Å². The predicted molar refractivity (Wildman–Crippen MR) is 395 cm³/mol. The summed E-state index contributed by atoms with van der Waals surface area (Å²) in [6.07, 6.45) is 0. The number of aryl methyl sites for hydroxylation is 12. The summed E-state index contributed by atoms with van der Waals surface area (Å²) in [6.45, 7) is 35.6. The van der Waals surface area contributed by atoms with E-state index in [9.17, 15) is 0 Å². The summed E-state index contributed by atoms with van der Waals surface area (Å²) in [4.78, 5) is 20.1. The first-order valence-electron chi connectivity index (χ1n) is 32.5. The monoisotopic (exact) mass is 1210 g/mol. The molecule has 3 heterocycles. The maximum atomic E-state index is 9.10. The Morgan fingerprint density at radius 2 is 0.596 bits per heavy atom. The standard InChI is InChI=1S/C88H72N6/c1-50-36-54(5)82(55(6)37-50)64-24-31-77-72(44-64)73-45-65(83-56(7)38-51(2)39-57(83)8)25-32-78(73)93(77)69-29-30-76(89-13)70(49-69)71-48-68(88-91-86(62-20-16-14-17-21-62)90-87(92-88)63-22-18-15-19-23-63)28-35-79(71)94-80-33-26-66(84-58(9)40-52(3)41-59(84)10)46-74(80)75-47-67(27-34-81(75)94)85-60(11)42-53(4)43-61(85)12/h14-49H,1-12H3. The van der Waals surface area contributed by atoms with Gasteiger partial charge in [-0.15, -0.1) is 0 Å². The zero-order chi connectivity index (χ0) is 65.0. The minimum absolute atomic E-state index is 0.523. The van der Waals surface area contributed by atoms with Crippen LogP contribution < -0.4 is 0 Å². The zero-order valence-electron chi connectivity index (χ0n) is 55.5. The molecule has 0 aliphatic heterocycles. The zero-order valence-corrected chi connectivity index (χ0v) is 55.5. The molecule has 15 aromatic rings. The number of nitrogens with zero attached hydrogens (tertiary/aromatic N) is 6. The number of hydrogen-bond acceptors (Lipinski definition) is 3. The van der Waals surface area contributed by atoms with E-state index in [4.69, 9.17) is 21.5 Å². The number of benzene rings is 12. The lowest BCUT2D eigenvalue weighted by Gasteiger charge is -2.19. The molecule has 6 heteroatoms. The third kappa shape index (κ3) is 10.2. The Hall–Kier alpha value is -11.3. The summed E-state index contributed by atoms with van der Waals surface area (Å²) in [5.41, 5.74) is 35.6. The van der Waals surface area contributed by atoms with Gasteiger partial charge >= 0.3 is 0 Å². The molecule has 0 bridgehead atoms. The maximum Gasteiger partial charge on any atom is 0.195 e. The van der Waals surface area contributed by atoms with Crippen molar-refractivity contribution in [3.8, 4) is 101 Å². The summed E-state index contributed by atoms with van der Waals surface area (Å²) < 4.78 is 4.83. The van der Waals surface area contributed by atoms with Crippen molar-refractivity contribution in [1.29, 1.82) is 0 Å². The van der Waals surface area contributed by atoms with Crippen LogP contribution in [0.15, 0.2) is 218 Å². The molecule has 0 fully saturated rings. The van der Waals surface area contributed by atoms with Gasteiger partial charge in [0.2, 0.25) is 0 Å². The van der Waals surface area contributed by atoms with Crippen molar-refractivity contribution < 1.29 is 0 Å². The molecular weight excluding hydrogens is 1140 g/mol. The van der Waals surface area contributed by atoms with Gasteiger partial charge in [0.1, 0.15) is 0 Å². The summed E-state index contributed by atoms with van der Waals surface area (Å²) in [6, 6.07) is 79.5. The van der Waals surface area contributed by atoms with E-state index in [1.165, 1.54) is 111 Å². The molecule has 15 rings (SSSR count). The molecule has 0 unspecified atom stereocenters. The molecule has 12 aromatic carbocycles. The average Bonchev–Trinajstić information content (AvgIpc) is 1.55. The quantitative estimate of drug-likeness (QED) is 0.128.